The Kier molecular flexibility index (Phi) is 4.00. The zero-order chi connectivity index (χ0) is 14.9. The van der Waals surface area contributed by atoms with Gasteiger partial charge in [0.1, 0.15) is 11.8 Å². The van der Waals surface area contributed by atoms with E-state index in [0.29, 0.717) is 5.92 Å². The SMILES string of the molecule is CC(C)(C)NCC1CCCOC1c1cn2ccccc2n1. The summed E-state index contributed by atoms with van der Waals surface area (Å²) in [4.78, 5) is 4.74. The van der Waals surface area contributed by atoms with Gasteiger partial charge in [-0.15, -0.1) is 0 Å². The topological polar surface area (TPSA) is 38.6 Å². The third-order valence-electron chi connectivity index (χ3n) is 4.01. The largest absolute Gasteiger partial charge is 0.372 e. The van der Waals surface area contributed by atoms with Crippen LogP contribution in [0.25, 0.3) is 5.65 Å². The van der Waals surface area contributed by atoms with Crippen molar-refractivity contribution in [3.8, 4) is 0 Å². The minimum Gasteiger partial charge on any atom is -0.372 e. The highest BCUT2D eigenvalue weighted by Gasteiger charge is 2.30. The van der Waals surface area contributed by atoms with Gasteiger partial charge in [-0.2, -0.15) is 0 Å². The van der Waals surface area contributed by atoms with Crippen molar-refractivity contribution >= 4 is 5.65 Å². The lowest BCUT2D eigenvalue weighted by Gasteiger charge is -2.33. The highest BCUT2D eigenvalue weighted by Crippen LogP contribution is 2.33. The van der Waals surface area contributed by atoms with E-state index in [1.807, 2.05) is 24.4 Å². The third kappa shape index (κ3) is 3.44. The fraction of sp³-hybridized carbons (Fsp3) is 0.588. The summed E-state index contributed by atoms with van der Waals surface area (Å²) in [6, 6.07) is 6.08. The molecule has 21 heavy (non-hydrogen) atoms. The van der Waals surface area contributed by atoms with Gasteiger partial charge in [-0.05, 0) is 45.7 Å². The highest BCUT2D eigenvalue weighted by molar-refractivity contribution is 5.40. The summed E-state index contributed by atoms with van der Waals surface area (Å²) < 4.78 is 8.13. The molecule has 2 atom stereocenters. The predicted molar refractivity (Wildman–Crippen MR) is 84.4 cm³/mol. The average molecular weight is 287 g/mol. The maximum atomic E-state index is 6.06. The van der Waals surface area contributed by atoms with Crippen molar-refractivity contribution in [3.63, 3.8) is 0 Å². The molecule has 0 bridgehead atoms. The van der Waals surface area contributed by atoms with E-state index in [1.54, 1.807) is 0 Å². The van der Waals surface area contributed by atoms with Gasteiger partial charge >= 0.3 is 0 Å². The quantitative estimate of drug-likeness (QED) is 0.942. The van der Waals surface area contributed by atoms with Crippen LogP contribution >= 0.6 is 0 Å². The number of imidazole rings is 1. The van der Waals surface area contributed by atoms with Crippen LogP contribution in [0.5, 0.6) is 0 Å². The molecule has 0 aliphatic carbocycles. The zero-order valence-corrected chi connectivity index (χ0v) is 13.2. The van der Waals surface area contributed by atoms with E-state index in [2.05, 4.69) is 36.7 Å². The Morgan fingerprint density at radius 2 is 2.24 bits per heavy atom. The number of nitrogens with zero attached hydrogens (tertiary/aromatic N) is 2. The van der Waals surface area contributed by atoms with Crippen LogP contribution in [0.15, 0.2) is 30.6 Å². The predicted octanol–water partition coefficient (Wildman–Crippen LogP) is 3.19. The lowest BCUT2D eigenvalue weighted by molar-refractivity contribution is -0.0314. The molecule has 1 saturated heterocycles. The first-order valence-corrected chi connectivity index (χ1v) is 7.83. The molecular weight excluding hydrogens is 262 g/mol. The lowest BCUT2D eigenvalue weighted by atomic mass is 9.91. The first-order chi connectivity index (χ1) is 10.0. The molecule has 4 nitrogen and oxygen atoms in total. The second-order valence-electron chi connectivity index (χ2n) is 6.96. The van der Waals surface area contributed by atoms with Crippen LogP contribution in [0.1, 0.15) is 45.4 Å². The molecule has 2 aromatic rings. The molecule has 1 aliphatic rings. The van der Waals surface area contributed by atoms with Crippen LogP contribution in [-0.2, 0) is 4.74 Å². The van der Waals surface area contributed by atoms with E-state index in [0.717, 1.165) is 30.9 Å². The van der Waals surface area contributed by atoms with Gasteiger partial charge in [-0.1, -0.05) is 6.07 Å². The van der Waals surface area contributed by atoms with Crippen molar-refractivity contribution in [1.29, 1.82) is 0 Å². The van der Waals surface area contributed by atoms with Crippen LogP contribution in [0.4, 0.5) is 0 Å². The molecule has 3 heterocycles. The molecular formula is C17H25N3O. The van der Waals surface area contributed by atoms with Crippen LogP contribution < -0.4 is 5.32 Å². The number of pyridine rings is 1. The molecule has 0 aromatic carbocycles. The van der Waals surface area contributed by atoms with E-state index in [4.69, 9.17) is 9.72 Å². The summed E-state index contributed by atoms with van der Waals surface area (Å²) in [6.07, 6.45) is 6.59. The molecule has 0 amide bonds. The van der Waals surface area contributed by atoms with Crippen molar-refractivity contribution < 1.29 is 4.74 Å². The average Bonchev–Trinajstić information content (AvgIpc) is 2.88. The Bertz CT molecular complexity index is 566. The van der Waals surface area contributed by atoms with E-state index in [-0.39, 0.29) is 11.6 Å². The van der Waals surface area contributed by atoms with E-state index in [9.17, 15) is 0 Å². The van der Waals surface area contributed by atoms with Gasteiger partial charge in [0.2, 0.25) is 0 Å². The first-order valence-electron chi connectivity index (χ1n) is 7.83. The van der Waals surface area contributed by atoms with E-state index in [1.165, 1.54) is 6.42 Å². The Hall–Kier alpha value is -1.39. The van der Waals surface area contributed by atoms with Gasteiger partial charge in [0.25, 0.3) is 0 Å². The Balaban J connectivity index is 1.80. The fourth-order valence-electron chi connectivity index (χ4n) is 2.91. The van der Waals surface area contributed by atoms with Gasteiger partial charge in [0.05, 0.1) is 5.69 Å². The van der Waals surface area contributed by atoms with Gasteiger partial charge in [0, 0.05) is 37.0 Å². The summed E-state index contributed by atoms with van der Waals surface area (Å²) in [6.45, 7) is 8.43. The van der Waals surface area contributed by atoms with Crippen LogP contribution in [0, 0.1) is 5.92 Å². The standard InChI is InChI=1S/C17H25N3O/c1-17(2,3)18-11-13-7-6-10-21-16(13)14-12-20-9-5-4-8-15(20)19-14/h4-5,8-9,12-13,16,18H,6-7,10-11H2,1-3H3. The van der Waals surface area contributed by atoms with Crippen molar-refractivity contribution in [2.45, 2.75) is 45.3 Å². The summed E-state index contributed by atoms with van der Waals surface area (Å²) in [5.74, 6) is 0.489. The smallest absolute Gasteiger partial charge is 0.137 e. The van der Waals surface area contributed by atoms with Crippen molar-refractivity contribution in [2.24, 2.45) is 5.92 Å². The third-order valence-corrected chi connectivity index (χ3v) is 4.01. The fourth-order valence-corrected chi connectivity index (χ4v) is 2.91. The van der Waals surface area contributed by atoms with Gasteiger partial charge in [-0.3, -0.25) is 0 Å². The van der Waals surface area contributed by atoms with Crippen molar-refractivity contribution in [1.82, 2.24) is 14.7 Å². The first kappa shape index (κ1) is 14.5. The number of fused-ring (bicyclic) bond motifs is 1. The van der Waals surface area contributed by atoms with Crippen LogP contribution in [0.3, 0.4) is 0 Å². The molecule has 1 fully saturated rings. The Morgan fingerprint density at radius 1 is 1.38 bits per heavy atom. The Morgan fingerprint density at radius 3 is 3.00 bits per heavy atom. The molecule has 1 aliphatic heterocycles. The molecule has 4 heteroatoms. The summed E-state index contributed by atoms with van der Waals surface area (Å²) in [5.41, 5.74) is 2.19. The van der Waals surface area contributed by atoms with Gasteiger partial charge < -0.3 is 14.5 Å². The van der Waals surface area contributed by atoms with Gasteiger partial charge in [0.15, 0.2) is 0 Å². The highest BCUT2D eigenvalue weighted by atomic mass is 16.5. The molecule has 0 spiro atoms. The normalized spacial score (nSPS) is 23.6. The molecule has 3 rings (SSSR count). The van der Waals surface area contributed by atoms with Crippen molar-refractivity contribution in [2.75, 3.05) is 13.2 Å². The van der Waals surface area contributed by atoms with E-state index < -0.39 is 0 Å². The van der Waals surface area contributed by atoms with E-state index >= 15 is 0 Å². The monoisotopic (exact) mass is 287 g/mol. The number of hydrogen-bond donors (Lipinski definition) is 1. The molecule has 1 N–H and O–H groups in total. The summed E-state index contributed by atoms with van der Waals surface area (Å²) in [7, 11) is 0. The number of aromatic nitrogens is 2. The number of nitrogens with one attached hydrogen (secondary N) is 1. The van der Waals surface area contributed by atoms with Crippen LogP contribution in [-0.4, -0.2) is 28.1 Å². The summed E-state index contributed by atoms with van der Waals surface area (Å²) in [5, 5.41) is 3.61. The van der Waals surface area contributed by atoms with Crippen LogP contribution in [0.2, 0.25) is 0 Å². The number of hydrogen-bond acceptors (Lipinski definition) is 3. The number of ether oxygens (including phenoxy) is 1. The molecule has 114 valence electrons. The Labute approximate surface area is 126 Å². The molecule has 2 unspecified atom stereocenters. The molecule has 2 aromatic heterocycles. The minimum absolute atomic E-state index is 0.105. The molecule has 0 saturated carbocycles. The maximum absolute atomic E-state index is 6.06. The lowest BCUT2D eigenvalue weighted by Crippen LogP contribution is -2.41. The maximum Gasteiger partial charge on any atom is 0.137 e. The minimum atomic E-state index is 0.105. The second-order valence-corrected chi connectivity index (χ2v) is 6.96. The molecule has 0 radical (unpaired) electrons. The number of rotatable bonds is 3. The second kappa shape index (κ2) is 5.78. The van der Waals surface area contributed by atoms with Gasteiger partial charge in [-0.25, -0.2) is 4.98 Å². The van der Waals surface area contributed by atoms with Crippen molar-refractivity contribution in [3.05, 3.63) is 36.3 Å². The zero-order valence-electron chi connectivity index (χ0n) is 13.2. The summed E-state index contributed by atoms with van der Waals surface area (Å²) >= 11 is 0.